The van der Waals surface area contributed by atoms with Crippen LogP contribution in [-0.4, -0.2) is 25.6 Å². The summed E-state index contributed by atoms with van der Waals surface area (Å²) in [5, 5.41) is 8.82. The van der Waals surface area contributed by atoms with Gasteiger partial charge in [0.15, 0.2) is 0 Å². The monoisotopic (exact) mass is 231 g/mol. The molecule has 0 unspecified atom stereocenters. The topological polar surface area (TPSA) is 85.1 Å². The highest BCUT2D eigenvalue weighted by Gasteiger charge is 2.10. The van der Waals surface area contributed by atoms with Gasteiger partial charge in [-0.25, -0.2) is 14.8 Å². The summed E-state index contributed by atoms with van der Waals surface area (Å²) >= 11 is 0. The van der Waals surface area contributed by atoms with E-state index < -0.39 is 11.5 Å². The summed E-state index contributed by atoms with van der Waals surface area (Å²) in [4.78, 5) is 30.3. The Morgan fingerprint density at radius 1 is 1.41 bits per heavy atom. The third-order valence-corrected chi connectivity index (χ3v) is 2.23. The molecule has 86 valence electrons. The van der Waals surface area contributed by atoms with E-state index in [2.05, 4.69) is 9.97 Å². The summed E-state index contributed by atoms with van der Waals surface area (Å²) in [6.07, 6.45) is 4.46. The van der Waals surface area contributed by atoms with Crippen LogP contribution in [0.5, 0.6) is 0 Å². The smallest absolute Gasteiger partial charge is 0.341 e. The zero-order chi connectivity index (χ0) is 12.3. The van der Waals surface area contributed by atoms with E-state index in [-0.39, 0.29) is 12.1 Å². The van der Waals surface area contributed by atoms with Crippen LogP contribution in [0.2, 0.25) is 0 Å². The minimum Gasteiger partial charge on any atom is -0.477 e. The molecule has 0 amide bonds. The lowest BCUT2D eigenvalue weighted by molar-refractivity contribution is 0.0694. The first-order chi connectivity index (χ1) is 8.18. The second kappa shape index (κ2) is 4.56. The molecule has 0 saturated carbocycles. The number of pyridine rings is 1. The van der Waals surface area contributed by atoms with Crippen LogP contribution >= 0.6 is 0 Å². The Hall–Kier alpha value is -2.50. The number of nitrogens with zero attached hydrogens (tertiary/aromatic N) is 3. The van der Waals surface area contributed by atoms with E-state index in [1.54, 1.807) is 12.3 Å². The molecule has 0 aliphatic carbocycles. The van der Waals surface area contributed by atoms with Crippen LogP contribution in [0.3, 0.4) is 0 Å². The van der Waals surface area contributed by atoms with Gasteiger partial charge in [0, 0.05) is 12.4 Å². The SMILES string of the molecule is O=C(O)c1cccn(Cc2ccncn2)c1=O. The van der Waals surface area contributed by atoms with Crippen molar-refractivity contribution in [2.75, 3.05) is 0 Å². The molecule has 2 heterocycles. The van der Waals surface area contributed by atoms with Crippen molar-refractivity contribution in [3.05, 3.63) is 58.5 Å². The largest absolute Gasteiger partial charge is 0.477 e. The predicted molar refractivity (Wildman–Crippen MR) is 58.8 cm³/mol. The van der Waals surface area contributed by atoms with Crippen LogP contribution in [0.1, 0.15) is 16.1 Å². The lowest BCUT2D eigenvalue weighted by atomic mass is 10.2. The summed E-state index contributed by atoms with van der Waals surface area (Å²) in [7, 11) is 0. The highest BCUT2D eigenvalue weighted by Crippen LogP contribution is 1.97. The molecule has 0 saturated heterocycles. The van der Waals surface area contributed by atoms with E-state index in [0.29, 0.717) is 5.69 Å². The van der Waals surface area contributed by atoms with Gasteiger partial charge in [0.2, 0.25) is 0 Å². The first-order valence-corrected chi connectivity index (χ1v) is 4.86. The van der Waals surface area contributed by atoms with Gasteiger partial charge in [-0.05, 0) is 18.2 Å². The minimum atomic E-state index is -1.23. The molecule has 6 heteroatoms. The standard InChI is InChI=1S/C11H9N3O3/c15-10-9(11(16)17)2-1-5-14(10)6-8-3-4-12-7-13-8/h1-5,7H,6H2,(H,16,17). The number of rotatable bonds is 3. The predicted octanol–water partition coefficient (Wildman–Crippen LogP) is 0.385. The van der Waals surface area contributed by atoms with Crippen LogP contribution < -0.4 is 5.56 Å². The molecule has 1 N–H and O–H groups in total. The van der Waals surface area contributed by atoms with Gasteiger partial charge in [0.1, 0.15) is 11.9 Å². The molecule has 2 rings (SSSR count). The summed E-state index contributed by atoms with van der Waals surface area (Å²) in [5.41, 5.74) is -0.148. The van der Waals surface area contributed by atoms with Gasteiger partial charge in [0.25, 0.3) is 5.56 Å². The average Bonchev–Trinajstić information content (AvgIpc) is 2.33. The van der Waals surface area contributed by atoms with Crippen molar-refractivity contribution in [2.45, 2.75) is 6.54 Å². The van der Waals surface area contributed by atoms with Crippen LogP contribution in [0.15, 0.2) is 41.7 Å². The first-order valence-electron chi connectivity index (χ1n) is 4.86. The lowest BCUT2D eigenvalue weighted by Crippen LogP contribution is -2.26. The summed E-state index contributed by atoms with van der Waals surface area (Å²) in [5.74, 6) is -1.23. The quantitative estimate of drug-likeness (QED) is 0.825. The van der Waals surface area contributed by atoms with Gasteiger partial charge in [-0.15, -0.1) is 0 Å². The van der Waals surface area contributed by atoms with E-state index in [0.717, 1.165) is 0 Å². The second-order valence-electron chi connectivity index (χ2n) is 3.36. The van der Waals surface area contributed by atoms with E-state index in [9.17, 15) is 9.59 Å². The van der Waals surface area contributed by atoms with Crippen molar-refractivity contribution >= 4 is 5.97 Å². The molecule has 0 fully saturated rings. The Balaban J connectivity index is 2.38. The maximum Gasteiger partial charge on any atom is 0.341 e. The zero-order valence-electron chi connectivity index (χ0n) is 8.78. The van der Waals surface area contributed by atoms with Crippen LogP contribution in [-0.2, 0) is 6.54 Å². The van der Waals surface area contributed by atoms with Crippen molar-refractivity contribution < 1.29 is 9.90 Å². The minimum absolute atomic E-state index is 0.225. The van der Waals surface area contributed by atoms with E-state index in [1.165, 1.54) is 29.2 Å². The van der Waals surface area contributed by atoms with Gasteiger partial charge in [0.05, 0.1) is 12.2 Å². The maximum atomic E-state index is 11.8. The Kier molecular flexibility index (Phi) is 2.95. The van der Waals surface area contributed by atoms with Crippen molar-refractivity contribution in [1.82, 2.24) is 14.5 Å². The van der Waals surface area contributed by atoms with E-state index >= 15 is 0 Å². The summed E-state index contributed by atoms with van der Waals surface area (Å²) in [6, 6.07) is 4.47. The maximum absolute atomic E-state index is 11.8. The molecule has 0 aliphatic heterocycles. The number of carboxylic acids is 1. The molecule has 0 radical (unpaired) electrons. The Labute approximate surface area is 96.2 Å². The molecular weight excluding hydrogens is 222 g/mol. The highest BCUT2D eigenvalue weighted by atomic mass is 16.4. The van der Waals surface area contributed by atoms with Crippen LogP contribution in [0.25, 0.3) is 0 Å². The average molecular weight is 231 g/mol. The molecular formula is C11H9N3O3. The lowest BCUT2D eigenvalue weighted by Gasteiger charge is -2.05. The molecule has 0 aliphatic rings. The summed E-state index contributed by atoms with van der Waals surface area (Å²) < 4.78 is 1.30. The summed E-state index contributed by atoms with van der Waals surface area (Å²) in [6.45, 7) is 0.225. The fourth-order valence-corrected chi connectivity index (χ4v) is 1.41. The number of carbonyl (C=O) groups is 1. The van der Waals surface area contributed by atoms with Crippen molar-refractivity contribution in [3.63, 3.8) is 0 Å². The van der Waals surface area contributed by atoms with Gasteiger partial charge in [-0.3, -0.25) is 4.79 Å². The van der Waals surface area contributed by atoms with Crippen LogP contribution in [0.4, 0.5) is 0 Å². The van der Waals surface area contributed by atoms with Gasteiger partial charge >= 0.3 is 5.97 Å². The molecule has 17 heavy (non-hydrogen) atoms. The second-order valence-corrected chi connectivity index (χ2v) is 3.36. The first kappa shape index (κ1) is 11.0. The number of aromatic nitrogens is 3. The van der Waals surface area contributed by atoms with Gasteiger partial charge in [-0.1, -0.05) is 0 Å². The Morgan fingerprint density at radius 2 is 2.24 bits per heavy atom. The molecule has 0 aromatic carbocycles. The van der Waals surface area contributed by atoms with Crippen molar-refractivity contribution in [2.24, 2.45) is 0 Å². The van der Waals surface area contributed by atoms with Gasteiger partial charge < -0.3 is 9.67 Å². The van der Waals surface area contributed by atoms with Crippen molar-refractivity contribution in [1.29, 1.82) is 0 Å². The third-order valence-electron chi connectivity index (χ3n) is 2.23. The molecule has 0 bridgehead atoms. The molecule has 2 aromatic heterocycles. The fourth-order valence-electron chi connectivity index (χ4n) is 1.41. The zero-order valence-corrected chi connectivity index (χ0v) is 8.78. The van der Waals surface area contributed by atoms with Gasteiger partial charge in [-0.2, -0.15) is 0 Å². The fraction of sp³-hybridized carbons (Fsp3) is 0.0909. The number of carboxylic acid groups (broad SMARTS) is 1. The Morgan fingerprint density at radius 3 is 2.88 bits per heavy atom. The molecule has 0 atom stereocenters. The molecule has 2 aromatic rings. The third kappa shape index (κ3) is 2.36. The number of aromatic carboxylic acids is 1. The van der Waals surface area contributed by atoms with Crippen molar-refractivity contribution in [3.8, 4) is 0 Å². The van der Waals surface area contributed by atoms with E-state index in [4.69, 9.17) is 5.11 Å². The highest BCUT2D eigenvalue weighted by molar-refractivity contribution is 5.86. The molecule has 0 spiro atoms. The van der Waals surface area contributed by atoms with Crippen LogP contribution in [0, 0.1) is 0 Å². The number of hydrogen-bond acceptors (Lipinski definition) is 4. The molecule has 6 nitrogen and oxygen atoms in total. The number of hydrogen-bond donors (Lipinski definition) is 1. The van der Waals surface area contributed by atoms with E-state index in [1.807, 2.05) is 0 Å². The normalized spacial score (nSPS) is 10.1. The Bertz CT molecular complexity index is 592.